The fourth-order valence-corrected chi connectivity index (χ4v) is 3.78. The minimum atomic E-state index is 0.262. The number of hydrogen-bond donors (Lipinski definition) is 0. The Bertz CT molecular complexity index is 670. The monoisotopic (exact) mass is 292 g/mol. The first-order valence-electron chi connectivity index (χ1n) is 8.52. The van der Waals surface area contributed by atoms with Gasteiger partial charge in [-0.05, 0) is 47.1 Å². The summed E-state index contributed by atoms with van der Waals surface area (Å²) in [4.78, 5) is 12.1. The molecular formula is C21H24O. The Balaban J connectivity index is 0.000000693. The molecule has 0 amide bonds. The molecule has 0 heterocycles. The van der Waals surface area contributed by atoms with Gasteiger partial charge in [-0.2, -0.15) is 0 Å². The van der Waals surface area contributed by atoms with Crippen molar-refractivity contribution < 1.29 is 4.79 Å². The molecule has 0 saturated heterocycles. The van der Waals surface area contributed by atoms with E-state index in [0.29, 0.717) is 18.6 Å². The minimum Gasteiger partial charge on any atom is -0.299 e. The molecule has 0 N–H and O–H groups in total. The number of carbonyl (C=O) groups excluding carboxylic acids is 1. The van der Waals surface area contributed by atoms with E-state index in [-0.39, 0.29) is 5.92 Å². The van der Waals surface area contributed by atoms with Gasteiger partial charge in [0.2, 0.25) is 0 Å². The molecule has 114 valence electrons. The largest absolute Gasteiger partial charge is 0.299 e. The molecule has 1 unspecified atom stereocenters. The summed E-state index contributed by atoms with van der Waals surface area (Å²) in [7, 11) is 0. The van der Waals surface area contributed by atoms with E-state index in [1.165, 1.54) is 47.1 Å². The molecule has 0 aromatic heterocycles. The van der Waals surface area contributed by atoms with Crippen molar-refractivity contribution in [3.8, 4) is 0 Å². The summed E-state index contributed by atoms with van der Waals surface area (Å²) < 4.78 is 0. The van der Waals surface area contributed by atoms with Crippen LogP contribution in [0, 0.1) is 0 Å². The fourth-order valence-electron chi connectivity index (χ4n) is 3.78. The van der Waals surface area contributed by atoms with E-state index in [2.05, 4.69) is 36.4 Å². The lowest BCUT2D eigenvalue weighted by Gasteiger charge is -2.26. The third kappa shape index (κ3) is 2.72. The van der Waals surface area contributed by atoms with Crippen molar-refractivity contribution in [1.29, 1.82) is 0 Å². The Hall–Kier alpha value is -1.89. The number of carbonyl (C=O) groups is 1. The molecule has 1 atom stereocenters. The number of aryl methyl sites for hydroxylation is 2. The van der Waals surface area contributed by atoms with E-state index in [1.54, 1.807) is 0 Å². The molecule has 2 aromatic rings. The average molecular weight is 292 g/mol. The number of rotatable bonds is 1. The lowest BCUT2D eigenvalue weighted by atomic mass is 9.77. The summed E-state index contributed by atoms with van der Waals surface area (Å²) in [5.74, 6) is 0.641. The average Bonchev–Trinajstić information content (AvgIpc) is 3.02. The maximum Gasteiger partial charge on any atom is 0.138 e. The van der Waals surface area contributed by atoms with Gasteiger partial charge in [0, 0.05) is 18.8 Å². The van der Waals surface area contributed by atoms with Crippen LogP contribution in [0.25, 0.3) is 0 Å². The summed E-state index contributed by atoms with van der Waals surface area (Å²) in [5.41, 5.74) is 6.94. The van der Waals surface area contributed by atoms with E-state index in [9.17, 15) is 4.79 Å². The smallest absolute Gasteiger partial charge is 0.138 e. The quantitative estimate of drug-likeness (QED) is 0.734. The molecule has 0 aliphatic heterocycles. The van der Waals surface area contributed by atoms with Crippen molar-refractivity contribution in [2.75, 3.05) is 0 Å². The van der Waals surface area contributed by atoms with Crippen LogP contribution in [-0.4, -0.2) is 5.78 Å². The Morgan fingerprint density at radius 3 is 2.32 bits per heavy atom. The first kappa shape index (κ1) is 15.0. The standard InChI is InChI=1S/C19H18O.C2H6/c20-17-10-16-9-14-7-4-8-15(14)11-18(16)19(12-17)13-5-2-1-3-6-13;1-2/h1-3,5-6,9,11,19H,4,7-8,10,12H2;1-2H3. The highest BCUT2D eigenvalue weighted by atomic mass is 16.1. The van der Waals surface area contributed by atoms with Gasteiger partial charge in [-0.3, -0.25) is 4.79 Å². The fraction of sp³-hybridized carbons (Fsp3) is 0.381. The molecule has 0 fully saturated rings. The van der Waals surface area contributed by atoms with Crippen LogP contribution < -0.4 is 0 Å². The second-order valence-electron chi connectivity index (χ2n) is 6.06. The summed E-state index contributed by atoms with van der Waals surface area (Å²) in [5, 5.41) is 0. The minimum absolute atomic E-state index is 0.262. The van der Waals surface area contributed by atoms with E-state index in [0.717, 1.165) is 0 Å². The Kier molecular flexibility index (Phi) is 4.42. The van der Waals surface area contributed by atoms with Crippen LogP contribution in [0.2, 0.25) is 0 Å². The Morgan fingerprint density at radius 1 is 0.909 bits per heavy atom. The van der Waals surface area contributed by atoms with Gasteiger partial charge in [0.15, 0.2) is 0 Å². The van der Waals surface area contributed by atoms with E-state index < -0.39 is 0 Å². The SMILES string of the molecule is CC.O=C1Cc2cc3c(cc2C(c2ccccc2)C1)CCC3. The lowest BCUT2D eigenvalue weighted by Crippen LogP contribution is -2.19. The summed E-state index contributed by atoms with van der Waals surface area (Å²) in [6.45, 7) is 4.00. The topological polar surface area (TPSA) is 17.1 Å². The molecule has 22 heavy (non-hydrogen) atoms. The summed E-state index contributed by atoms with van der Waals surface area (Å²) in [6, 6.07) is 15.2. The van der Waals surface area contributed by atoms with Gasteiger partial charge in [0.1, 0.15) is 5.78 Å². The van der Waals surface area contributed by atoms with Crippen molar-refractivity contribution >= 4 is 5.78 Å². The van der Waals surface area contributed by atoms with Crippen LogP contribution in [-0.2, 0) is 24.1 Å². The Morgan fingerprint density at radius 2 is 1.59 bits per heavy atom. The summed E-state index contributed by atoms with van der Waals surface area (Å²) >= 11 is 0. The van der Waals surface area contributed by atoms with Gasteiger partial charge in [-0.1, -0.05) is 56.3 Å². The highest BCUT2D eigenvalue weighted by molar-refractivity contribution is 5.85. The molecule has 2 aliphatic carbocycles. The van der Waals surface area contributed by atoms with E-state index in [4.69, 9.17) is 0 Å². The van der Waals surface area contributed by atoms with Crippen molar-refractivity contribution in [2.45, 2.75) is 51.9 Å². The van der Waals surface area contributed by atoms with Crippen molar-refractivity contribution in [1.82, 2.24) is 0 Å². The second-order valence-corrected chi connectivity index (χ2v) is 6.06. The zero-order chi connectivity index (χ0) is 15.5. The number of Topliss-reactive ketones (excluding diaryl/α,β-unsaturated/α-hetero) is 1. The maximum atomic E-state index is 12.1. The highest BCUT2D eigenvalue weighted by Gasteiger charge is 2.28. The molecule has 0 radical (unpaired) electrons. The van der Waals surface area contributed by atoms with Crippen LogP contribution in [0.3, 0.4) is 0 Å². The first-order chi connectivity index (χ1) is 10.8. The zero-order valence-electron chi connectivity index (χ0n) is 13.6. The summed E-state index contributed by atoms with van der Waals surface area (Å²) in [6.07, 6.45) is 4.95. The van der Waals surface area contributed by atoms with Gasteiger partial charge in [-0.25, -0.2) is 0 Å². The highest BCUT2D eigenvalue weighted by Crippen LogP contribution is 2.38. The number of ketones is 1. The van der Waals surface area contributed by atoms with Crippen LogP contribution in [0.1, 0.15) is 60.4 Å². The molecule has 2 aliphatic rings. The molecule has 0 spiro atoms. The second kappa shape index (κ2) is 6.48. The number of benzene rings is 2. The van der Waals surface area contributed by atoms with Gasteiger partial charge in [0.05, 0.1) is 0 Å². The van der Waals surface area contributed by atoms with Crippen molar-refractivity contribution in [2.24, 2.45) is 0 Å². The molecule has 1 heteroatoms. The molecular weight excluding hydrogens is 268 g/mol. The molecule has 4 rings (SSSR count). The van der Waals surface area contributed by atoms with Crippen LogP contribution in [0.15, 0.2) is 42.5 Å². The molecule has 0 saturated carbocycles. The van der Waals surface area contributed by atoms with Gasteiger partial charge < -0.3 is 0 Å². The van der Waals surface area contributed by atoms with Crippen LogP contribution in [0.5, 0.6) is 0 Å². The number of fused-ring (bicyclic) bond motifs is 2. The van der Waals surface area contributed by atoms with Gasteiger partial charge >= 0.3 is 0 Å². The Labute approximate surface area is 133 Å². The predicted molar refractivity (Wildman–Crippen MR) is 91.4 cm³/mol. The third-order valence-corrected chi connectivity index (χ3v) is 4.75. The molecule has 2 aromatic carbocycles. The van der Waals surface area contributed by atoms with Gasteiger partial charge in [0.25, 0.3) is 0 Å². The normalized spacial score (nSPS) is 19.0. The van der Waals surface area contributed by atoms with Crippen LogP contribution in [0.4, 0.5) is 0 Å². The van der Waals surface area contributed by atoms with E-state index >= 15 is 0 Å². The van der Waals surface area contributed by atoms with Crippen LogP contribution >= 0.6 is 0 Å². The zero-order valence-corrected chi connectivity index (χ0v) is 13.6. The first-order valence-corrected chi connectivity index (χ1v) is 8.52. The number of hydrogen-bond acceptors (Lipinski definition) is 1. The third-order valence-electron chi connectivity index (χ3n) is 4.75. The maximum absolute atomic E-state index is 12.1. The lowest BCUT2D eigenvalue weighted by molar-refractivity contribution is -0.119. The molecule has 0 bridgehead atoms. The van der Waals surface area contributed by atoms with Crippen molar-refractivity contribution in [3.63, 3.8) is 0 Å². The van der Waals surface area contributed by atoms with Gasteiger partial charge in [-0.15, -0.1) is 0 Å². The predicted octanol–water partition coefficient (Wildman–Crippen LogP) is 4.85. The molecule has 1 nitrogen and oxygen atoms in total. The van der Waals surface area contributed by atoms with E-state index in [1.807, 2.05) is 19.9 Å². The van der Waals surface area contributed by atoms with Crippen molar-refractivity contribution in [3.05, 3.63) is 70.3 Å².